The van der Waals surface area contributed by atoms with Crippen LogP contribution in [0.3, 0.4) is 0 Å². The summed E-state index contributed by atoms with van der Waals surface area (Å²) in [5, 5.41) is 3.32. The minimum absolute atomic E-state index is 0.0654. The zero-order chi connectivity index (χ0) is 9.90. The summed E-state index contributed by atoms with van der Waals surface area (Å²) < 4.78 is 11.3. The van der Waals surface area contributed by atoms with E-state index >= 15 is 0 Å². The SMILES string of the molecule is BC1CNCC(COC(C)(C)C)O1. The molecule has 76 valence electrons. The second kappa shape index (κ2) is 4.44. The molecule has 1 aliphatic rings. The summed E-state index contributed by atoms with van der Waals surface area (Å²) >= 11 is 0. The highest BCUT2D eigenvalue weighted by Gasteiger charge is 2.21. The first-order valence-electron chi connectivity index (χ1n) is 4.97. The van der Waals surface area contributed by atoms with E-state index < -0.39 is 0 Å². The Bertz CT molecular complexity index is 158. The number of hydrogen-bond acceptors (Lipinski definition) is 3. The Morgan fingerprint density at radius 2 is 2.15 bits per heavy atom. The van der Waals surface area contributed by atoms with E-state index in [0.29, 0.717) is 12.6 Å². The van der Waals surface area contributed by atoms with Gasteiger partial charge in [0.25, 0.3) is 0 Å². The van der Waals surface area contributed by atoms with Crippen molar-refractivity contribution in [3.05, 3.63) is 0 Å². The van der Waals surface area contributed by atoms with Crippen LogP contribution >= 0.6 is 0 Å². The van der Waals surface area contributed by atoms with E-state index in [9.17, 15) is 0 Å². The largest absolute Gasteiger partial charge is 0.379 e. The lowest BCUT2D eigenvalue weighted by atomic mass is 9.98. The van der Waals surface area contributed by atoms with Crippen LogP contribution in [0.5, 0.6) is 0 Å². The molecule has 1 rings (SSSR count). The first-order chi connectivity index (χ1) is 5.97. The zero-order valence-electron chi connectivity index (χ0n) is 9.09. The fraction of sp³-hybridized carbons (Fsp3) is 1.00. The fourth-order valence-electron chi connectivity index (χ4n) is 1.31. The lowest BCUT2D eigenvalue weighted by Gasteiger charge is -2.31. The molecule has 0 aromatic carbocycles. The van der Waals surface area contributed by atoms with Gasteiger partial charge in [0, 0.05) is 19.1 Å². The highest BCUT2D eigenvalue weighted by molar-refractivity contribution is 6.11. The molecular formula is C9H20BNO2. The quantitative estimate of drug-likeness (QED) is 0.601. The molecule has 13 heavy (non-hydrogen) atoms. The van der Waals surface area contributed by atoms with Gasteiger partial charge in [0.05, 0.1) is 18.3 Å². The van der Waals surface area contributed by atoms with E-state index in [2.05, 4.69) is 33.9 Å². The minimum atomic E-state index is -0.0654. The van der Waals surface area contributed by atoms with Gasteiger partial charge in [-0.15, -0.1) is 0 Å². The van der Waals surface area contributed by atoms with Crippen molar-refractivity contribution in [2.24, 2.45) is 0 Å². The van der Waals surface area contributed by atoms with E-state index in [1.807, 2.05) is 0 Å². The Labute approximate surface area is 81.6 Å². The topological polar surface area (TPSA) is 30.5 Å². The van der Waals surface area contributed by atoms with Gasteiger partial charge in [0.2, 0.25) is 0 Å². The Balaban J connectivity index is 2.21. The third-order valence-electron chi connectivity index (χ3n) is 1.93. The number of ether oxygens (including phenoxy) is 2. The van der Waals surface area contributed by atoms with Crippen molar-refractivity contribution >= 4 is 7.85 Å². The van der Waals surface area contributed by atoms with E-state index in [1.54, 1.807) is 0 Å². The molecule has 4 heteroatoms. The van der Waals surface area contributed by atoms with E-state index in [4.69, 9.17) is 9.47 Å². The van der Waals surface area contributed by atoms with Gasteiger partial charge in [-0.3, -0.25) is 0 Å². The first kappa shape index (κ1) is 11.0. The summed E-state index contributed by atoms with van der Waals surface area (Å²) in [7, 11) is 2.08. The Morgan fingerprint density at radius 1 is 1.46 bits per heavy atom. The van der Waals surface area contributed by atoms with Crippen LogP contribution < -0.4 is 5.32 Å². The molecule has 0 amide bonds. The van der Waals surface area contributed by atoms with Crippen LogP contribution in [0.2, 0.25) is 0 Å². The molecule has 1 fully saturated rings. The molecule has 0 spiro atoms. The molecule has 0 aromatic heterocycles. The molecule has 2 unspecified atom stereocenters. The third kappa shape index (κ3) is 4.65. The first-order valence-corrected chi connectivity index (χ1v) is 4.97. The Morgan fingerprint density at radius 3 is 2.69 bits per heavy atom. The molecule has 0 bridgehead atoms. The normalized spacial score (nSPS) is 30.4. The van der Waals surface area contributed by atoms with Crippen LogP contribution in [0.4, 0.5) is 0 Å². The van der Waals surface area contributed by atoms with Crippen molar-refractivity contribution in [2.45, 2.75) is 38.5 Å². The van der Waals surface area contributed by atoms with Gasteiger partial charge in [-0.25, -0.2) is 0 Å². The average molecular weight is 185 g/mol. The molecule has 1 saturated heterocycles. The van der Waals surface area contributed by atoms with Crippen molar-refractivity contribution < 1.29 is 9.47 Å². The van der Waals surface area contributed by atoms with Gasteiger partial charge in [-0.05, 0) is 20.8 Å². The van der Waals surface area contributed by atoms with Crippen molar-refractivity contribution in [2.75, 3.05) is 19.7 Å². The summed E-state index contributed by atoms with van der Waals surface area (Å²) in [6.07, 6.45) is 0.211. The van der Waals surface area contributed by atoms with Gasteiger partial charge >= 0.3 is 0 Å². The van der Waals surface area contributed by atoms with E-state index in [0.717, 1.165) is 13.1 Å². The molecule has 1 N–H and O–H groups in total. The maximum atomic E-state index is 5.69. The fourth-order valence-corrected chi connectivity index (χ4v) is 1.31. The highest BCUT2D eigenvalue weighted by Crippen LogP contribution is 2.09. The Kier molecular flexibility index (Phi) is 3.77. The minimum Gasteiger partial charge on any atom is -0.379 e. The van der Waals surface area contributed by atoms with Crippen LogP contribution in [-0.2, 0) is 9.47 Å². The van der Waals surface area contributed by atoms with Crippen molar-refractivity contribution in [3.63, 3.8) is 0 Å². The third-order valence-corrected chi connectivity index (χ3v) is 1.93. The summed E-state index contributed by atoms with van der Waals surface area (Å²) in [6, 6.07) is 0.308. The summed E-state index contributed by atoms with van der Waals surface area (Å²) in [6.45, 7) is 8.72. The lowest BCUT2D eigenvalue weighted by molar-refractivity contribution is -0.0893. The molecular weight excluding hydrogens is 165 g/mol. The van der Waals surface area contributed by atoms with Gasteiger partial charge in [-0.1, -0.05) is 0 Å². The van der Waals surface area contributed by atoms with Crippen LogP contribution in [0.25, 0.3) is 0 Å². The summed E-state index contributed by atoms with van der Waals surface area (Å²) in [4.78, 5) is 0. The molecule has 1 heterocycles. The number of hydrogen-bond donors (Lipinski definition) is 1. The average Bonchev–Trinajstić information content (AvgIpc) is 2.00. The zero-order valence-corrected chi connectivity index (χ0v) is 9.09. The highest BCUT2D eigenvalue weighted by atomic mass is 16.5. The second-order valence-electron chi connectivity index (χ2n) is 4.65. The number of nitrogens with one attached hydrogen (secondary N) is 1. The summed E-state index contributed by atoms with van der Waals surface area (Å²) in [5.74, 6) is 0. The smallest absolute Gasteiger partial charge is 0.140 e. The van der Waals surface area contributed by atoms with Crippen LogP contribution in [0.15, 0.2) is 0 Å². The van der Waals surface area contributed by atoms with E-state index in [-0.39, 0.29) is 11.7 Å². The molecule has 2 atom stereocenters. The standard InChI is InChI=1S/C9H20BNO2/c1-9(2,3)12-6-7-4-11-5-8(10)13-7/h7-8,11H,4-6,10H2,1-3H3. The maximum Gasteiger partial charge on any atom is 0.140 e. The van der Waals surface area contributed by atoms with Gasteiger partial charge < -0.3 is 14.8 Å². The molecule has 0 radical (unpaired) electrons. The van der Waals surface area contributed by atoms with Gasteiger partial charge in [0.1, 0.15) is 7.85 Å². The molecule has 1 aliphatic heterocycles. The Hall–Kier alpha value is -0.0551. The van der Waals surface area contributed by atoms with E-state index in [1.165, 1.54) is 0 Å². The number of morpholine rings is 1. The van der Waals surface area contributed by atoms with Crippen LogP contribution in [0.1, 0.15) is 20.8 Å². The second-order valence-corrected chi connectivity index (χ2v) is 4.65. The predicted octanol–water partition coefficient (Wildman–Crippen LogP) is -0.251. The maximum absolute atomic E-state index is 5.69. The van der Waals surface area contributed by atoms with Gasteiger partial charge in [0.15, 0.2) is 0 Å². The van der Waals surface area contributed by atoms with Crippen molar-refractivity contribution in [3.8, 4) is 0 Å². The number of rotatable bonds is 2. The monoisotopic (exact) mass is 185 g/mol. The molecule has 0 aromatic rings. The van der Waals surface area contributed by atoms with Gasteiger partial charge in [-0.2, -0.15) is 0 Å². The van der Waals surface area contributed by atoms with Crippen molar-refractivity contribution in [1.82, 2.24) is 5.32 Å². The van der Waals surface area contributed by atoms with Crippen LogP contribution in [0, 0.1) is 0 Å². The van der Waals surface area contributed by atoms with Crippen molar-refractivity contribution in [1.29, 1.82) is 0 Å². The molecule has 0 aliphatic carbocycles. The lowest BCUT2D eigenvalue weighted by Crippen LogP contribution is -2.47. The molecule has 0 saturated carbocycles. The predicted molar refractivity (Wildman–Crippen MR) is 55.8 cm³/mol. The van der Waals surface area contributed by atoms with Crippen LogP contribution in [-0.4, -0.2) is 45.3 Å². The molecule has 3 nitrogen and oxygen atoms in total. The summed E-state index contributed by atoms with van der Waals surface area (Å²) in [5.41, 5.74) is -0.0654.